The molecule has 4 heteroatoms. The molecule has 1 aliphatic carbocycles. The van der Waals surface area contributed by atoms with Crippen molar-refractivity contribution in [2.45, 2.75) is 29.0 Å². The average molecular weight is 755 g/mol. The molecular weight excluding hydrogens is 717 g/mol. The summed E-state index contributed by atoms with van der Waals surface area (Å²) in [5.41, 5.74) is 15.3. The summed E-state index contributed by atoms with van der Waals surface area (Å²) in [7, 11) is 0. The van der Waals surface area contributed by atoms with Crippen molar-refractivity contribution in [1.82, 2.24) is 0 Å². The van der Waals surface area contributed by atoms with Crippen LogP contribution in [0, 0.1) is 0 Å². The van der Waals surface area contributed by atoms with E-state index in [0.717, 1.165) is 29.9 Å². The zero-order valence-electron chi connectivity index (χ0n) is 30.8. The second-order valence-corrected chi connectivity index (χ2v) is 17.0. The van der Waals surface area contributed by atoms with Crippen molar-refractivity contribution < 1.29 is 0 Å². The second kappa shape index (κ2) is 13.9. The van der Waals surface area contributed by atoms with Crippen molar-refractivity contribution in [1.29, 1.82) is 0 Å². The molecule has 11 rings (SSSR count). The maximum atomic E-state index is 2.71. The first-order valence-corrected chi connectivity index (χ1v) is 21.1. The Morgan fingerprint density at radius 1 is 0.500 bits per heavy atom. The molecule has 0 fully saturated rings. The molecule has 3 aliphatic rings. The number of rotatable bonds is 7. The number of fused-ring (bicyclic) bond motifs is 7. The molecule has 2 aliphatic heterocycles. The van der Waals surface area contributed by atoms with Crippen molar-refractivity contribution in [3.63, 3.8) is 0 Å². The minimum Gasteiger partial charge on any atom is -0.335 e. The van der Waals surface area contributed by atoms with E-state index < -0.39 is 0 Å². The lowest BCUT2D eigenvalue weighted by atomic mass is 9.94. The van der Waals surface area contributed by atoms with E-state index in [9.17, 15) is 0 Å². The molecule has 2 atom stereocenters. The Balaban J connectivity index is 0.915. The summed E-state index contributed by atoms with van der Waals surface area (Å²) < 4.78 is 1.39. The van der Waals surface area contributed by atoms with Gasteiger partial charge in [-0.05, 0) is 106 Å². The van der Waals surface area contributed by atoms with E-state index in [4.69, 9.17) is 0 Å². The highest BCUT2D eigenvalue weighted by molar-refractivity contribution is 8.00. The minimum atomic E-state index is 0.339. The van der Waals surface area contributed by atoms with Gasteiger partial charge in [0.2, 0.25) is 0 Å². The lowest BCUT2D eigenvalue weighted by Gasteiger charge is -2.32. The second-order valence-electron chi connectivity index (χ2n) is 14.8. The Morgan fingerprint density at radius 2 is 1.11 bits per heavy atom. The van der Waals surface area contributed by atoms with Gasteiger partial charge in [-0.1, -0.05) is 140 Å². The average Bonchev–Trinajstić information content (AvgIpc) is 3.93. The van der Waals surface area contributed by atoms with E-state index in [1.54, 1.807) is 0 Å². The summed E-state index contributed by atoms with van der Waals surface area (Å²) in [6, 6.07) is 66.6. The lowest BCUT2D eigenvalue weighted by molar-refractivity contribution is 0.691. The number of nitrogens with zero attached hydrogens (tertiary/aromatic N) is 2. The predicted octanol–water partition coefficient (Wildman–Crippen LogP) is 15.2. The first-order chi connectivity index (χ1) is 27.8. The fourth-order valence-corrected chi connectivity index (χ4v) is 11.7. The molecule has 1 aromatic heterocycles. The van der Waals surface area contributed by atoms with E-state index in [-0.39, 0.29) is 0 Å². The van der Waals surface area contributed by atoms with Gasteiger partial charge < -0.3 is 9.80 Å². The van der Waals surface area contributed by atoms with Crippen LogP contribution in [0.15, 0.2) is 205 Å². The van der Waals surface area contributed by atoms with E-state index in [0.29, 0.717) is 11.3 Å². The number of benzene rings is 7. The minimum absolute atomic E-state index is 0.339. The van der Waals surface area contributed by atoms with Gasteiger partial charge in [-0.25, -0.2) is 0 Å². The Labute approximate surface area is 336 Å². The van der Waals surface area contributed by atoms with Gasteiger partial charge in [0.25, 0.3) is 0 Å². The number of allylic oxidation sites excluding steroid dienone is 4. The van der Waals surface area contributed by atoms with E-state index in [2.05, 4.69) is 216 Å². The molecule has 0 radical (unpaired) electrons. The molecule has 3 heterocycles. The number of anilines is 4. The van der Waals surface area contributed by atoms with Gasteiger partial charge in [0.15, 0.2) is 0 Å². The maximum Gasteiger partial charge on any atom is 0.0771 e. The smallest absolute Gasteiger partial charge is 0.0771 e. The largest absolute Gasteiger partial charge is 0.335 e. The van der Waals surface area contributed by atoms with Crippen LogP contribution in [-0.4, -0.2) is 0 Å². The first kappa shape index (κ1) is 33.3. The molecule has 268 valence electrons. The lowest BCUT2D eigenvalue weighted by Crippen LogP contribution is -2.25. The molecule has 0 N–H and O–H groups in total. The van der Waals surface area contributed by atoms with Gasteiger partial charge in [0.1, 0.15) is 0 Å². The first-order valence-electron chi connectivity index (χ1n) is 19.4. The molecular formula is C52H38N2S2. The number of hydrogen-bond acceptors (Lipinski definition) is 4. The predicted molar refractivity (Wildman–Crippen MR) is 239 cm³/mol. The van der Waals surface area contributed by atoms with E-state index >= 15 is 0 Å². The highest BCUT2D eigenvalue weighted by Crippen LogP contribution is 2.67. The van der Waals surface area contributed by atoms with Crippen LogP contribution in [0.4, 0.5) is 22.7 Å². The zero-order chi connectivity index (χ0) is 37.0. The topological polar surface area (TPSA) is 6.48 Å². The number of thioether (sulfide) groups is 1. The van der Waals surface area contributed by atoms with Gasteiger partial charge in [0, 0.05) is 42.6 Å². The van der Waals surface area contributed by atoms with Crippen molar-refractivity contribution >= 4 is 61.5 Å². The third-order valence-electron chi connectivity index (χ3n) is 11.5. The summed E-state index contributed by atoms with van der Waals surface area (Å²) in [5, 5.41) is 1.82. The molecule has 2 unspecified atom stereocenters. The van der Waals surface area contributed by atoms with Crippen LogP contribution < -0.4 is 9.80 Å². The fraction of sp³-hybridized carbons (Fsp3) is 0.0769. The molecule has 8 aromatic rings. The number of hydrogen-bond donors (Lipinski definition) is 0. The fourth-order valence-electron chi connectivity index (χ4n) is 8.85. The van der Waals surface area contributed by atoms with Gasteiger partial charge in [-0.15, -0.1) is 23.1 Å². The van der Waals surface area contributed by atoms with Gasteiger partial charge in [-0.3, -0.25) is 0 Å². The van der Waals surface area contributed by atoms with Crippen LogP contribution in [0.2, 0.25) is 0 Å². The Bertz CT molecular complexity index is 2780. The molecule has 0 amide bonds. The Kier molecular flexibility index (Phi) is 8.26. The molecule has 0 bridgehead atoms. The van der Waals surface area contributed by atoms with Gasteiger partial charge in [-0.2, -0.15) is 0 Å². The summed E-state index contributed by atoms with van der Waals surface area (Å²) in [5.74, 6) is 0. The molecule has 7 aromatic carbocycles. The standard InChI is InChI=1S/C52H38N2S2/c1-3-12-35(13-4-1)36-22-24-37(25-23-36)38-26-30-42(31-27-38)53(41-15-5-2-6-16-41)44-17-11-14-40(34-44)39-28-32-43(33-29-39)54-49-45-18-7-9-20-47(45)55-51(49)52-50(54)46-19-8-10-21-48(46)56-52/h1-28,30-32,34,49,51H,29,33H2. The quantitative estimate of drug-likeness (QED) is 0.160. The highest BCUT2D eigenvalue weighted by atomic mass is 32.2. The summed E-state index contributed by atoms with van der Waals surface area (Å²) >= 11 is 4.04. The van der Waals surface area contributed by atoms with Gasteiger partial charge in [0.05, 0.1) is 17.0 Å². The third-order valence-corrected chi connectivity index (χ3v) is 14.3. The number of thiophene rings is 1. The van der Waals surface area contributed by atoms with Crippen LogP contribution in [0.25, 0.3) is 37.9 Å². The van der Waals surface area contributed by atoms with E-state index in [1.807, 2.05) is 11.3 Å². The maximum absolute atomic E-state index is 2.71. The van der Waals surface area contributed by atoms with Crippen LogP contribution in [-0.2, 0) is 0 Å². The SMILES string of the molecule is C1=C(c2cccc(N(c3ccccc3)c3ccc(-c4ccc(-c5ccccc5)cc4)cc3)c2)CCC(N2c3c(sc4ccccc34)C3Sc4ccccc4C32)=C1. The van der Waals surface area contributed by atoms with Crippen LogP contribution >= 0.6 is 23.1 Å². The zero-order valence-corrected chi connectivity index (χ0v) is 32.4. The van der Waals surface area contributed by atoms with Crippen molar-refractivity contribution in [3.8, 4) is 22.3 Å². The molecule has 56 heavy (non-hydrogen) atoms. The van der Waals surface area contributed by atoms with Gasteiger partial charge >= 0.3 is 0 Å². The van der Waals surface area contributed by atoms with Crippen LogP contribution in [0.1, 0.15) is 40.1 Å². The molecule has 0 spiro atoms. The molecule has 0 saturated carbocycles. The number of para-hydroxylation sites is 1. The van der Waals surface area contributed by atoms with Crippen molar-refractivity contribution in [3.05, 3.63) is 216 Å². The summed E-state index contributed by atoms with van der Waals surface area (Å²) in [6.07, 6.45) is 6.80. The molecule has 2 nitrogen and oxygen atoms in total. The van der Waals surface area contributed by atoms with Crippen LogP contribution in [0.3, 0.4) is 0 Å². The summed E-state index contributed by atoms with van der Waals surface area (Å²) in [6.45, 7) is 0. The summed E-state index contributed by atoms with van der Waals surface area (Å²) in [4.78, 5) is 8.03. The Hall–Kier alpha value is -6.07. The van der Waals surface area contributed by atoms with Crippen molar-refractivity contribution in [2.24, 2.45) is 0 Å². The molecule has 0 saturated heterocycles. The monoisotopic (exact) mass is 754 g/mol. The van der Waals surface area contributed by atoms with Crippen molar-refractivity contribution in [2.75, 3.05) is 9.80 Å². The normalized spacial score (nSPS) is 16.9. The van der Waals surface area contributed by atoms with Crippen LogP contribution in [0.5, 0.6) is 0 Å². The van der Waals surface area contributed by atoms with E-state index in [1.165, 1.54) is 70.2 Å². The third kappa shape index (κ3) is 5.71. The highest BCUT2D eigenvalue weighted by Gasteiger charge is 2.48. The Morgan fingerprint density at radius 3 is 1.86 bits per heavy atom.